The Morgan fingerprint density at radius 1 is 1.15 bits per heavy atom. The fraction of sp³-hybridized carbons (Fsp3) is 0.350. The Morgan fingerprint density at radius 2 is 1.81 bits per heavy atom. The van der Waals surface area contributed by atoms with E-state index in [-0.39, 0.29) is 31.3 Å². The summed E-state index contributed by atoms with van der Waals surface area (Å²) in [7, 11) is 0. The number of ether oxygens (including phenoxy) is 1. The molecule has 2 aromatic rings. The van der Waals surface area contributed by atoms with Crippen molar-refractivity contribution in [2.75, 3.05) is 6.61 Å². The fourth-order valence-corrected chi connectivity index (χ4v) is 3.66. The highest BCUT2D eigenvalue weighted by Crippen LogP contribution is 2.22. The van der Waals surface area contributed by atoms with Gasteiger partial charge in [0.15, 0.2) is 12.4 Å². The zero-order valence-corrected chi connectivity index (χ0v) is 17.1. The van der Waals surface area contributed by atoms with Crippen molar-refractivity contribution in [2.24, 2.45) is 0 Å². The van der Waals surface area contributed by atoms with Crippen LogP contribution >= 0.6 is 22.9 Å². The topological polar surface area (TPSA) is 72.5 Å². The van der Waals surface area contributed by atoms with Crippen LogP contribution in [0, 0.1) is 13.8 Å². The lowest BCUT2D eigenvalue weighted by atomic mass is 10.1. The second kappa shape index (κ2) is 9.67. The number of hydrogen-bond acceptors (Lipinski definition) is 5. The van der Waals surface area contributed by atoms with E-state index in [1.807, 2.05) is 39.0 Å². The Bertz CT molecular complexity index is 829. The first-order valence-corrected chi connectivity index (χ1v) is 9.76. The van der Waals surface area contributed by atoms with Gasteiger partial charge in [0, 0.05) is 26.8 Å². The molecule has 0 saturated heterocycles. The number of carbonyl (C=O) groups is 3. The number of ketones is 1. The van der Waals surface area contributed by atoms with Gasteiger partial charge in [-0.05, 0) is 44.5 Å². The minimum Gasteiger partial charge on any atom is -0.456 e. The van der Waals surface area contributed by atoms with Crippen LogP contribution in [0.25, 0.3) is 0 Å². The maximum absolute atomic E-state index is 12.2. The van der Waals surface area contributed by atoms with Crippen LogP contribution in [0.2, 0.25) is 5.02 Å². The van der Waals surface area contributed by atoms with E-state index in [9.17, 15) is 14.4 Å². The van der Waals surface area contributed by atoms with E-state index in [4.69, 9.17) is 16.3 Å². The summed E-state index contributed by atoms with van der Waals surface area (Å²) in [6.07, 6.45) is 0.0197. The van der Waals surface area contributed by atoms with Gasteiger partial charge in [0.2, 0.25) is 0 Å². The summed E-state index contributed by atoms with van der Waals surface area (Å²) in [4.78, 5) is 37.9. The van der Waals surface area contributed by atoms with Crippen LogP contribution in [0.3, 0.4) is 0 Å². The van der Waals surface area contributed by atoms with Crippen molar-refractivity contribution < 1.29 is 19.1 Å². The zero-order chi connectivity index (χ0) is 20.0. The summed E-state index contributed by atoms with van der Waals surface area (Å²) in [5.74, 6) is -1.06. The molecule has 0 aliphatic rings. The molecule has 1 heterocycles. The van der Waals surface area contributed by atoms with Gasteiger partial charge in [-0.25, -0.2) is 0 Å². The van der Waals surface area contributed by atoms with Gasteiger partial charge in [0.1, 0.15) is 0 Å². The lowest BCUT2D eigenvalue weighted by Crippen LogP contribution is -2.31. The summed E-state index contributed by atoms with van der Waals surface area (Å²) in [6, 6.07) is 8.72. The van der Waals surface area contributed by atoms with Crippen LogP contribution < -0.4 is 5.32 Å². The monoisotopic (exact) mass is 407 g/mol. The number of aryl methyl sites for hydroxylation is 2. The van der Waals surface area contributed by atoms with E-state index >= 15 is 0 Å². The van der Waals surface area contributed by atoms with Crippen molar-refractivity contribution in [3.8, 4) is 0 Å². The maximum Gasteiger partial charge on any atom is 0.306 e. The van der Waals surface area contributed by atoms with E-state index in [1.165, 1.54) is 0 Å². The number of nitrogens with one attached hydrogen (secondary N) is 1. The van der Waals surface area contributed by atoms with Gasteiger partial charge in [-0.15, -0.1) is 11.3 Å². The molecule has 7 heteroatoms. The van der Waals surface area contributed by atoms with Crippen molar-refractivity contribution in [2.45, 2.75) is 39.7 Å². The molecule has 5 nitrogen and oxygen atoms in total. The van der Waals surface area contributed by atoms with E-state index < -0.39 is 11.9 Å². The molecule has 1 atom stereocenters. The smallest absolute Gasteiger partial charge is 0.306 e. The number of esters is 1. The molecule has 2 rings (SSSR count). The van der Waals surface area contributed by atoms with Gasteiger partial charge in [0.25, 0.3) is 5.91 Å². The quantitative estimate of drug-likeness (QED) is 0.520. The number of Topliss-reactive ketones (excluding diaryl/α,β-unsaturated/α-hetero) is 1. The lowest BCUT2D eigenvalue weighted by molar-refractivity contribution is -0.148. The summed E-state index contributed by atoms with van der Waals surface area (Å²) in [5.41, 5.74) is 1.55. The Labute approximate surface area is 167 Å². The van der Waals surface area contributed by atoms with Crippen LogP contribution in [-0.4, -0.2) is 24.3 Å². The molecular formula is C20H22ClNO4S. The van der Waals surface area contributed by atoms with Crippen LogP contribution in [0.15, 0.2) is 30.3 Å². The van der Waals surface area contributed by atoms with Crippen molar-refractivity contribution in [3.05, 3.63) is 56.2 Å². The molecule has 0 aliphatic heterocycles. The van der Waals surface area contributed by atoms with Crippen molar-refractivity contribution in [1.82, 2.24) is 5.32 Å². The minimum absolute atomic E-state index is 0.0484. The van der Waals surface area contributed by atoms with E-state index in [0.717, 1.165) is 15.3 Å². The number of rotatable bonds is 8. The van der Waals surface area contributed by atoms with Gasteiger partial charge in [-0.1, -0.05) is 23.7 Å². The molecule has 1 N–H and O–H groups in total. The third-order valence-corrected chi connectivity index (χ3v) is 5.23. The molecular weight excluding hydrogens is 386 g/mol. The summed E-state index contributed by atoms with van der Waals surface area (Å²) >= 11 is 7.39. The highest BCUT2D eigenvalue weighted by atomic mass is 35.5. The van der Waals surface area contributed by atoms with E-state index in [0.29, 0.717) is 10.6 Å². The first kappa shape index (κ1) is 21.1. The summed E-state index contributed by atoms with van der Waals surface area (Å²) in [6.45, 7) is 5.27. The third kappa shape index (κ3) is 6.48. The molecule has 0 aliphatic carbocycles. The molecule has 0 radical (unpaired) electrons. The average Bonchev–Trinajstić information content (AvgIpc) is 2.96. The predicted molar refractivity (Wildman–Crippen MR) is 106 cm³/mol. The second-order valence-electron chi connectivity index (χ2n) is 6.25. The summed E-state index contributed by atoms with van der Waals surface area (Å²) in [5, 5.41) is 3.37. The van der Waals surface area contributed by atoms with Gasteiger partial charge < -0.3 is 10.1 Å². The lowest BCUT2D eigenvalue weighted by Gasteiger charge is -2.14. The van der Waals surface area contributed by atoms with Gasteiger partial charge in [-0.3, -0.25) is 14.4 Å². The largest absolute Gasteiger partial charge is 0.456 e. The van der Waals surface area contributed by atoms with Crippen molar-refractivity contribution in [3.63, 3.8) is 0 Å². The molecule has 144 valence electrons. The maximum atomic E-state index is 12.2. The van der Waals surface area contributed by atoms with Gasteiger partial charge >= 0.3 is 5.97 Å². The first-order chi connectivity index (χ1) is 12.8. The molecule has 27 heavy (non-hydrogen) atoms. The fourth-order valence-electron chi connectivity index (χ4n) is 2.59. The minimum atomic E-state index is -0.567. The number of benzene rings is 1. The molecule has 0 saturated carbocycles. The van der Waals surface area contributed by atoms with Gasteiger partial charge in [0.05, 0.1) is 12.5 Å². The number of halogens is 1. The van der Waals surface area contributed by atoms with Crippen molar-refractivity contribution in [1.29, 1.82) is 0 Å². The number of carbonyl (C=O) groups excluding carboxylic acids is 3. The Hall–Kier alpha value is -2.18. The van der Waals surface area contributed by atoms with Gasteiger partial charge in [-0.2, -0.15) is 0 Å². The first-order valence-electron chi connectivity index (χ1n) is 8.57. The number of thiophene rings is 1. The van der Waals surface area contributed by atoms with Crippen LogP contribution in [0.1, 0.15) is 51.5 Å². The van der Waals surface area contributed by atoms with E-state index in [1.54, 1.807) is 23.5 Å². The molecule has 1 aromatic carbocycles. The second-order valence-corrected chi connectivity index (χ2v) is 8.15. The van der Waals surface area contributed by atoms with Crippen LogP contribution in [-0.2, 0) is 14.3 Å². The Balaban J connectivity index is 1.73. The zero-order valence-electron chi connectivity index (χ0n) is 15.5. The third-order valence-electron chi connectivity index (χ3n) is 4.01. The Morgan fingerprint density at radius 3 is 2.41 bits per heavy atom. The molecule has 0 spiro atoms. The molecule has 0 fully saturated rings. The highest BCUT2D eigenvalue weighted by Gasteiger charge is 2.16. The highest BCUT2D eigenvalue weighted by molar-refractivity contribution is 7.12. The van der Waals surface area contributed by atoms with E-state index in [2.05, 4.69) is 5.32 Å². The van der Waals surface area contributed by atoms with Crippen LogP contribution in [0.5, 0.6) is 0 Å². The number of amides is 1. The molecule has 1 aromatic heterocycles. The summed E-state index contributed by atoms with van der Waals surface area (Å²) < 4.78 is 4.96. The molecule has 1 amide bonds. The normalized spacial score (nSPS) is 11.7. The molecule has 0 bridgehead atoms. The standard InChI is InChI=1S/C20H22ClNO4S/c1-12-10-17(14(3)27-12)18(23)8-9-20(25)26-11-19(24)22-13(2)15-4-6-16(21)7-5-15/h4-7,10,13H,8-9,11H2,1-3H3,(H,22,24)/t13-/m0/s1. The number of hydrogen-bond donors (Lipinski definition) is 1. The molecule has 0 unspecified atom stereocenters. The Kier molecular flexibility index (Phi) is 7.56. The van der Waals surface area contributed by atoms with Crippen molar-refractivity contribution >= 4 is 40.6 Å². The average molecular weight is 408 g/mol. The van der Waals surface area contributed by atoms with Crippen LogP contribution in [0.4, 0.5) is 0 Å². The predicted octanol–water partition coefficient (Wildman–Crippen LogP) is 4.40. The SMILES string of the molecule is Cc1cc(C(=O)CCC(=O)OCC(=O)N[C@@H](C)c2ccc(Cl)cc2)c(C)s1.